The lowest BCUT2D eigenvalue weighted by molar-refractivity contribution is 0.391. The number of nitrogens with zero attached hydrogens (tertiary/aromatic N) is 4. The van der Waals surface area contributed by atoms with Crippen LogP contribution in [0, 0.1) is 0 Å². The second kappa shape index (κ2) is 5.01. The third-order valence-electron chi connectivity index (χ3n) is 2.20. The van der Waals surface area contributed by atoms with E-state index in [2.05, 4.69) is 25.3 Å². The van der Waals surface area contributed by atoms with Crippen LogP contribution >= 0.6 is 11.8 Å². The summed E-state index contributed by atoms with van der Waals surface area (Å²) in [6.07, 6.45) is 1.41. The largest absolute Gasteiger partial charge is 0.338 e. The third-order valence-corrected chi connectivity index (χ3v) is 3.20. The molecule has 0 radical (unpaired) electrons. The molecule has 1 N–H and O–H groups in total. The van der Waals surface area contributed by atoms with Crippen molar-refractivity contribution in [1.29, 1.82) is 0 Å². The number of aromatic nitrogens is 5. The zero-order chi connectivity index (χ0) is 12.2. The first-order valence-corrected chi connectivity index (χ1v) is 6.26. The molecule has 0 saturated carbocycles. The molecule has 6 nitrogen and oxygen atoms in total. The molecule has 3 aromatic rings. The summed E-state index contributed by atoms with van der Waals surface area (Å²) in [6, 6.07) is 10.1. The molecule has 90 valence electrons. The minimum absolute atomic E-state index is 0.427. The fraction of sp³-hybridized carbons (Fsp3) is 0.0909. The van der Waals surface area contributed by atoms with Gasteiger partial charge >= 0.3 is 0 Å². The standard InChI is InChI=1S/C11H9N5OS/c1-2-4-8(5-3-1)18-6-9-14-11(16-17-9)10-12-7-13-15-10/h1-5,7H,6H2,(H,12,13,15). The molecule has 0 amide bonds. The van der Waals surface area contributed by atoms with Crippen molar-refractivity contribution in [3.8, 4) is 11.6 Å². The SMILES string of the molecule is c1ccc(SCc2nc(-c3ncn[nH]3)no2)cc1. The summed E-state index contributed by atoms with van der Waals surface area (Å²) in [5.74, 6) is 2.13. The van der Waals surface area contributed by atoms with Crippen LogP contribution in [-0.2, 0) is 5.75 Å². The fourth-order valence-electron chi connectivity index (χ4n) is 1.38. The average Bonchev–Trinajstić information content (AvgIpc) is 3.08. The molecule has 3 rings (SSSR count). The van der Waals surface area contributed by atoms with Gasteiger partial charge in [-0.15, -0.1) is 11.8 Å². The molecule has 0 aliphatic carbocycles. The number of nitrogens with one attached hydrogen (secondary N) is 1. The van der Waals surface area contributed by atoms with Crippen LogP contribution in [0.1, 0.15) is 5.89 Å². The van der Waals surface area contributed by atoms with E-state index in [4.69, 9.17) is 4.52 Å². The smallest absolute Gasteiger partial charge is 0.239 e. The highest BCUT2D eigenvalue weighted by molar-refractivity contribution is 7.98. The maximum Gasteiger partial charge on any atom is 0.239 e. The Morgan fingerprint density at radius 1 is 1.22 bits per heavy atom. The van der Waals surface area contributed by atoms with Crippen LogP contribution in [0.4, 0.5) is 0 Å². The van der Waals surface area contributed by atoms with E-state index in [0.717, 1.165) is 4.90 Å². The van der Waals surface area contributed by atoms with Gasteiger partial charge in [0, 0.05) is 4.90 Å². The van der Waals surface area contributed by atoms with Gasteiger partial charge in [-0.2, -0.15) is 10.1 Å². The molecule has 0 bridgehead atoms. The van der Waals surface area contributed by atoms with Crippen molar-refractivity contribution in [1.82, 2.24) is 25.3 Å². The van der Waals surface area contributed by atoms with Crippen LogP contribution in [-0.4, -0.2) is 25.3 Å². The maximum atomic E-state index is 5.14. The maximum absolute atomic E-state index is 5.14. The van der Waals surface area contributed by atoms with Gasteiger partial charge in [-0.25, -0.2) is 4.98 Å². The molecular weight excluding hydrogens is 250 g/mol. The molecular formula is C11H9N5OS. The lowest BCUT2D eigenvalue weighted by Gasteiger charge is -1.95. The summed E-state index contributed by atoms with van der Waals surface area (Å²) in [5.41, 5.74) is 0. The molecule has 0 aliphatic rings. The summed E-state index contributed by atoms with van der Waals surface area (Å²) >= 11 is 1.64. The number of rotatable bonds is 4. The van der Waals surface area contributed by atoms with Gasteiger partial charge < -0.3 is 4.52 Å². The van der Waals surface area contributed by atoms with Crippen molar-refractivity contribution in [3.05, 3.63) is 42.5 Å². The van der Waals surface area contributed by atoms with Crippen molar-refractivity contribution in [2.45, 2.75) is 10.6 Å². The Balaban J connectivity index is 1.68. The Hall–Kier alpha value is -2.15. The minimum Gasteiger partial charge on any atom is -0.338 e. The van der Waals surface area contributed by atoms with E-state index in [1.807, 2.05) is 30.3 Å². The van der Waals surface area contributed by atoms with E-state index >= 15 is 0 Å². The first-order valence-electron chi connectivity index (χ1n) is 5.28. The van der Waals surface area contributed by atoms with Crippen LogP contribution < -0.4 is 0 Å². The molecule has 0 unspecified atom stereocenters. The van der Waals surface area contributed by atoms with E-state index in [0.29, 0.717) is 23.3 Å². The van der Waals surface area contributed by atoms with E-state index < -0.39 is 0 Å². The van der Waals surface area contributed by atoms with E-state index in [9.17, 15) is 0 Å². The number of thioether (sulfide) groups is 1. The third kappa shape index (κ3) is 2.40. The lowest BCUT2D eigenvalue weighted by Crippen LogP contribution is -1.84. The van der Waals surface area contributed by atoms with E-state index in [-0.39, 0.29) is 0 Å². The molecule has 0 fully saturated rings. The quantitative estimate of drug-likeness (QED) is 0.723. The zero-order valence-electron chi connectivity index (χ0n) is 9.28. The normalized spacial score (nSPS) is 10.7. The zero-order valence-corrected chi connectivity index (χ0v) is 10.1. The Kier molecular flexibility index (Phi) is 3.05. The molecule has 18 heavy (non-hydrogen) atoms. The number of hydrogen-bond acceptors (Lipinski definition) is 6. The highest BCUT2D eigenvalue weighted by Crippen LogP contribution is 2.22. The monoisotopic (exact) mass is 259 g/mol. The second-order valence-electron chi connectivity index (χ2n) is 3.45. The Morgan fingerprint density at radius 3 is 2.89 bits per heavy atom. The number of H-pyrrole nitrogens is 1. The van der Waals surface area contributed by atoms with Gasteiger partial charge in [-0.1, -0.05) is 23.4 Å². The van der Waals surface area contributed by atoms with Crippen LogP contribution in [0.3, 0.4) is 0 Å². The first-order chi connectivity index (χ1) is 8.92. The number of hydrogen-bond donors (Lipinski definition) is 1. The van der Waals surface area contributed by atoms with Gasteiger partial charge in [0.05, 0.1) is 5.75 Å². The van der Waals surface area contributed by atoms with Gasteiger partial charge in [0.25, 0.3) is 0 Å². The van der Waals surface area contributed by atoms with Crippen molar-refractivity contribution in [3.63, 3.8) is 0 Å². The number of benzene rings is 1. The molecule has 7 heteroatoms. The summed E-state index contributed by atoms with van der Waals surface area (Å²) in [5, 5.41) is 10.3. The molecule has 2 heterocycles. The van der Waals surface area contributed by atoms with Crippen molar-refractivity contribution >= 4 is 11.8 Å². The Labute approximate surface area is 107 Å². The van der Waals surface area contributed by atoms with Crippen LogP contribution in [0.2, 0.25) is 0 Å². The van der Waals surface area contributed by atoms with Gasteiger partial charge in [0.1, 0.15) is 6.33 Å². The highest BCUT2D eigenvalue weighted by Gasteiger charge is 2.10. The van der Waals surface area contributed by atoms with Gasteiger partial charge in [0.15, 0.2) is 5.82 Å². The molecule has 0 saturated heterocycles. The summed E-state index contributed by atoms with van der Waals surface area (Å²) in [6.45, 7) is 0. The summed E-state index contributed by atoms with van der Waals surface area (Å²) in [4.78, 5) is 9.36. The average molecular weight is 259 g/mol. The summed E-state index contributed by atoms with van der Waals surface area (Å²) < 4.78 is 5.14. The Bertz CT molecular complexity index is 607. The summed E-state index contributed by atoms with van der Waals surface area (Å²) in [7, 11) is 0. The molecule has 0 atom stereocenters. The van der Waals surface area contributed by atoms with Gasteiger partial charge in [0.2, 0.25) is 11.7 Å². The lowest BCUT2D eigenvalue weighted by atomic mass is 10.4. The second-order valence-corrected chi connectivity index (χ2v) is 4.50. The Morgan fingerprint density at radius 2 is 2.11 bits per heavy atom. The predicted molar refractivity (Wildman–Crippen MR) is 65.7 cm³/mol. The van der Waals surface area contributed by atoms with E-state index in [1.165, 1.54) is 6.33 Å². The van der Waals surface area contributed by atoms with Crippen molar-refractivity contribution < 1.29 is 4.52 Å². The predicted octanol–water partition coefficient (Wildman–Crippen LogP) is 2.15. The van der Waals surface area contributed by atoms with Crippen LogP contribution in [0.15, 0.2) is 46.1 Å². The van der Waals surface area contributed by atoms with Crippen LogP contribution in [0.25, 0.3) is 11.6 Å². The van der Waals surface area contributed by atoms with Gasteiger partial charge in [-0.3, -0.25) is 5.10 Å². The minimum atomic E-state index is 0.427. The molecule has 2 aromatic heterocycles. The molecule has 0 aliphatic heterocycles. The first kappa shape index (κ1) is 11.0. The van der Waals surface area contributed by atoms with Gasteiger partial charge in [-0.05, 0) is 12.1 Å². The number of aromatic amines is 1. The molecule has 0 spiro atoms. The van der Waals surface area contributed by atoms with Crippen molar-refractivity contribution in [2.75, 3.05) is 0 Å². The van der Waals surface area contributed by atoms with E-state index in [1.54, 1.807) is 11.8 Å². The fourth-order valence-corrected chi connectivity index (χ4v) is 2.14. The highest BCUT2D eigenvalue weighted by atomic mass is 32.2. The van der Waals surface area contributed by atoms with Crippen molar-refractivity contribution in [2.24, 2.45) is 0 Å². The molecule has 1 aromatic carbocycles. The topological polar surface area (TPSA) is 80.5 Å². The van der Waals surface area contributed by atoms with Crippen LogP contribution in [0.5, 0.6) is 0 Å².